The van der Waals surface area contributed by atoms with Crippen molar-refractivity contribution in [2.75, 3.05) is 25.3 Å². The molecule has 2 heterocycles. The number of methoxy groups -OCH3 is 2. The van der Waals surface area contributed by atoms with E-state index in [1.54, 1.807) is 50.9 Å². The number of pyridine rings is 2. The molecule has 2 unspecified atom stereocenters. The Morgan fingerprint density at radius 3 is 2.13 bits per heavy atom. The van der Waals surface area contributed by atoms with Crippen LogP contribution < -0.4 is 25.3 Å². The van der Waals surface area contributed by atoms with E-state index in [2.05, 4.69) is 48.2 Å². The molecular weight excluding hydrogens is 492 g/mol. The smallest absolute Gasteiger partial charge is 0.266 e. The number of nitrogens with two attached hydrogens (primary N) is 1. The largest absolute Gasteiger partial charge is 0.493 e. The number of nitrogens with one attached hydrogen (secondary N) is 1. The van der Waals surface area contributed by atoms with Gasteiger partial charge in [0.05, 0.1) is 14.2 Å². The van der Waals surface area contributed by atoms with Crippen molar-refractivity contribution < 1.29 is 19.0 Å². The molecule has 0 saturated carbocycles. The van der Waals surface area contributed by atoms with Gasteiger partial charge in [0.1, 0.15) is 5.75 Å². The van der Waals surface area contributed by atoms with Crippen LogP contribution in [0.5, 0.6) is 17.2 Å². The second-order valence-corrected chi connectivity index (χ2v) is 9.32. The van der Waals surface area contributed by atoms with Gasteiger partial charge in [-0.25, -0.2) is 9.97 Å². The molecule has 2 aromatic heterocycles. The monoisotopic (exact) mass is 536 g/mol. The van der Waals surface area contributed by atoms with Crippen molar-refractivity contribution in [3.63, 3.8) is 0 Å². The summed E-state index contributed by atoms with van der Waals surface area (Å²) in [5.74, 6) is 3.02. The minimum absolute atomic E-state index is 0.200. The molecule has 0 aliphatic heterocycles. The number of nitrogens with zero attached hydrogens (tertiary/aromatic N) is 2. The number of aromatic nitrogens is 2. The standard InChI is InChI=1S/C25H36N2O3.C6H8N2O/c1-5-7-8-9-10-12-23(25(28)27-24-22(29-4)13-11-18-26-24)30-21-16-14-20(15-17-21)19(3)6-2;1-9-5-3-2-4-8-6(5)7/h11,13-19,23H,5-10,12H2,1-4H3,(H,26,27,28);2-4H,1H3,(H2,7,8). The van der Waals surface area contributed by atoms with Crippen LogP contribution in [0.4, 0.5) is 11.6 Å². The van der Waals surface area contributed by atoms with Gasteiger partial charge in [-0.1, -0.05) is 58.6 Å². The van der Waals surface area contributed by atoms with Crippen LogP contribution in [-0.4, -0.2) is 36.2 Å². The van der Waals surface area contributed by atoms with E-state index >= 15 is 0 Å². The summed E-state index contributed by atoms with van der Waals surface area (Å²) in [7, 11) is 3.13. The summed E-state index contributed by atoms with van der Waals surface area (Å²) in [6.45, 7) is 6.59. The van der Waals surface area contributed by atoms with Crippen LogP contribution in [0, 0.1) is 0 Å². The van der Waals surface area contributed by atoms with Crippen LogP contribution in [0.1, 0.15) is 77.2 Å². The van der Waals surface area contributed by atoms with Crippen LogP contribution in [0.15, 0.2) is 60.9 Å². The lowest BCUT2D eigenvalue weighted by Crippen LogP contribution is -2.33. The second kappa shape index (κ2) is 17.7. The molecule has 212 valence electrons. The van der Waals surface area contributed by atoms with E-state index in [4.69, 9.17) is 19.9 Å². The zero-order valence-corrected chi connectivity index (χ0v) is 24.0. The van der Waals surface area contributed by atoms with E-state index in [0.29, 0.717) is 41.2 Å². The molecule has 0 aliphatic carbocycles. The van der Waals surface area contributed by atoms with E-state index in [0.717, 1.165) is 19.3 Å². The summed E-state index contributed by atoms with van der Waals surface area (Å²) in [5, 5.41) is 2.87. The van der Waals surface area contributed by atoms with E-state index in [1.807, 2.05) is 12.1 Å². The molecule has 0 bridgehead atoms. The molecular formula is C31H44N4O4. The molecule has 3 rings (SSSR count). The maximum absolute atomic E-state index is 13.0. The maximum Gasteiger partial charge on any atom is 0.266 e. The molecule has 8 heteroatoms. The number of benzene rings is 1. The highest BCUT2D eigenvalue weighted by Crippen LogP contribution is 2.25. The molecule has 3 aromatic rings. The molecule has 1 amide bonds. The van der Waals surface area contributed by atoms with Crippen molar-refractivity contribution in [3.8, 4) is 17.2 Å². The molecule has 0 spiro atoms. The normalized spacial score (nSPS) is 11.9. The molecule has 2 atom stereocenters. The lowest BCUT2D eigenvalue weighted by molar-refractivity contribution is -0.123. The van der Waals surface area contributed by atoms with Crippen molar-refractivity contribution in [2.24, 2.45) is 0 Å². The third-order valence-corrected chi connectivity index (χ3v) is 6.45. The molecule has 39 heavy (non-hydrogen) atoms. The summed E-state index contributed by atoms with van der Waals surface area (Å²) in [5.41, 5.74) is 6.68. The van der Waals surface area contributed by atoms with Crippen molar-refractivity contribution in [3.05, 3.63) is 66.5 Å². The number of ether oxygens (including phenoxy) is 3. The first-order valence-corrected chi connectivity index (χ1v) is 13.7. The third kappa shape index (κ3) is 10.8. The quantitative estimate of drug-likeness (QED) is 0.213. The van der Waals surface area contributed by atoms with Gasteiger partial charge < -0.3 is 25.3 Å². The molecule has 0 saturated heterocycles. The maximum atomic E-state index is 13.0. The van der Waals surface area contributed by atoms with Gasteiger partial charge >= 0.3 is 0 Å². The number of hydrogen-bond acceptors (Lipinski definition) is 7. The van der Waals surface area contributed by atoms with Crippen molar-refractivity contribution in [1.82, 2.24) is 9.97 Å². The Morgan fingerprint density at radius 1 is 0.897 bits per heavy atom. The highest BCUT2D eigenvalue weighted by Gasteiger charge is 2.22. The highest BCUT2D eigenvalue weighted by molar-refractivity contribution is 5.94. The molecule has 0 radical (unpaired) electrons. The molecule has 0 fully saturated rings. The van der Waals surface area contributed by atoms with Crippen LogP contribution in [-0.2, 0) is 4.79 Å². The lowest BCUT2D eigenvalue weighted by atomic mass is 9.99. The Hall–Kier alpha value is -3.81. The molecule has 1 aromatic carbocycles. The number of carbonyl (C=O) groups is 1. The predicted octanol–water partition coefficient (Wildman–Crippen LogP) is 7.02. The Labute approximate surface area is 233 Å². The van der Waals surface area contributed by atoms with Crippen molar-refractivity contribution >= 4 is 17.5 Å². The zero-order valence-electron chi connectivity index (χ0n) is 24.0. The lowest BCUT2D eigenvalue weighted by Gasteiger charge is -2.20. The average molecular weight is 537 g/mol. The summed E-state index contributed by atoms with van der Waals surface area (Å²) < 4.78 is 16.3. The van der Waals surface area contributed by atoms with Gasteiger partial charge in [-0.05, 0) is 67.1 Å². The van der Waals surface area contributed by atoms with Crippen LogP contribution in [0.2, 0.25) is 0 Å². The third-order valence-electron chi connectivity index (χ3n) is 6.45. The van der Waals surface area contributed by atoms with Gasteiger partial charge in [0.15, 0.2) is 29.2 Å². The summed E-state index contributed by atoms with van der Waals surface area (Å²) in [6.07, 6.45) is 10.1. The fourth-order valence-corrected chi connectivity index (χ4v) is 3.87. The second-order valence-electron chi connectivity index (χ2n) is 9.32. The Balaban J connectivity index is 0.000000499. The van der Waals surface area contributed by atoms with Gasteiger partial charge in [0.25, 0.3) is 5.91 Å². The van der Waals surface area contributed by atoms with Crippen molar-refractivity contribution in [2.45, 2.75) is 77.7 Å². The van der Waals surface area contributed by atoms with Gasteiger partial charge in [0.2, 0.25) is 0 Å². The van der Waals surface area contributed by atoms with Gasteiger partial charge in [-0.3, -0.25) is 4.79 Å². The molecule has 0 aliphatic rings. The van der Waals surface area contributed by atoms with Gasteiger partial charge in [-0.15, -0.1) is 0 Å². The number of anilines is 2. The predicted molar refractivity (Wildman–Crippen MR) is 158 cm³/mol. The number of rotatable bonds is 14. The topological polar surface area (TPSA) is 109 Å². The molecule has 3 N–H and O–H groups in total. The Morgan fingerprint density at radius 2 is 1.54 bits per heavy atom. The van der Waals surface area contributed by atoms with Crippen LogP contribution >= 0.6 is 0 Å². The van der Waals surface area contributed by atoms with Gasteiger partial charge in [-0.2, -0.15) is 0 Å². The fraction of sp³-hybridized carbons (Fsp3) is 0.452. The number of unbranched alkanes of at least 4 members (excludes halogenated alkanes) is 4. The first-order valence-electron chi connectivity index (χ1n) is 13.7. The van der Waals surface area contributed by atoms with E-state index in [1.165, 1.54) is 24.8 Å². The minimum atomic E-state index is -0.576. The number of nitrogen functional groups attached to an aromatic ring is 1. The fourth-order valence-electron chi connectivity index (χ4n) is 3.87. The van der Waals surface area contributed by atoms with E-state index < -0.39 is 6.10 Å². The average Bonchev–Trinajstić information content (AvgIpc) is 2.97. The van der Waals surface area contributed by atoms with Gasteiger partial charge in [0, 0.05) is 12.4 Å². The minimum Gasteiger partial charge on any atom is -0.493 e. The molecule has 8 nitrogen and oxygen atoms in total. The number of amides is 1. The van der Waals surface area contributed by atoms with E-state index in [9.17, 15) is 4.79 Å². The summed E-state index contributed by atoms with van der Waals surface area (Å²) >= 11 is 0. The number of carbonyl (C=O) groups excluding carboxylic acids is 1. The first kappa shape index (κ1) is 31.4. The highest BCUT2D eigenvalue weighted by atomic mass is 16.5. The number of hydrogen-bond donors (Lipinski definition) is 2. The Bertz CT molecular complexity index is 1110. The Kier molecular flexibility index (Phi) is 14.2. The van der Waals surface area contributed by atoms with E-state index in [-0.39, 0.29) is 5.91 Å². The first-order chi connectivity index (χ1) is 18.9. The zero-order chi connectivity index (χ0) is 28.5. The van der Waals surface area contributed by atoms with Crippen LogP contribution in [0.25, 0.3) is 0 Å². The summed E-state index contributed by atoms with van der Waals surface area (Å²) in [4.78, 5) is 21.0. The summed E-state index contributed by atoms with van der Waals surface area (Å²) in [6, 6.07) is 15.2. The van der Waals surface area contributed by atoms with Crippen LogP contribution in [0.3, 0.4) is 0 Å². The van der Waals surface area contributed by atoms with Crippen molar-refractivity contribution in [1.29, 1.82) is 0 Å². The SMILES string of the molecule is CCCCCCCC(Oc1ccc(C(C)CC)cc1)C(=O)Nc1ncccc1OC.COc1cccnc1N.